The normalized spacial score (nSPS) is 16.7. The van der Waals surface area contributed by atoms with E-state index in [1.807, 2.05) is 23.9 Å². The Kier molecular flexibility index (Phi) is 5.46. The molecule has 0 spiro atoms. The van der Waals surface area contributed by atoms with E-state index in [1.165, 1.54) is 29.7 Å². The standard InChI is InChI=1S/C23H26N4O3/c1-15-20(14-26(2)25-15)21-4-3-11-27(21)13-16-5-7-17(8-6-16)30-18-9-10-19(23(24)29)22(28)12-18/h5-10,12,14,21,28H,3-4,11,13H2,1-2H3,(H2,24,29)/t21-/m1/s1. The zero-order chi connectivity index (χ0) is 21.3. The van der Waals surface area contributed by atoms with Crippen molar-refractivity contribution in [2.24, 2.45) is 12.8 Å². The minimum absolute atomic E-state index is 0.0710. The fourth-order valence-electron chi connectivity index (χ4n) is 4.13. The molecule has 1 amide bonds. The number of ether oxygens (including phenoxy) is 1. The molecule has 2 heterocycles. The number of phenols is 1. The molecule has 1 aliphatic heterocycles. The molecule has 0 saturated carbocycles. The van der Waals surface area contributed by atoms with E-state index in [1.54, 1.807) is 6.07 Å². The van der Waals surface area contributed by atoms with Crippen molar-refractivity contribution in [3.05, 3.63) is 71.0 Å². The molecule has 0 unspecified atom stereocenters. The smallest absolute Gasteiger partial charge is 0.252 e. The van der Waals surface area contributed by atoms with Crippen LogP contribution in [0.2, 0.25) is 0 Å². The average Bonchev–Trinajstić information content (AvgIpc) is 3.28. The number of likely N-dealkylation sites (tertiary alicyclic amines) is 1. The molecule has 2 aromatic carbocycles. The second-order valence-corrected chi connectivity index (χ2v) is 7.76. The monoisotopic (exact) mass is 406 g/mol. The molecule has 7 heteroatoms. The number of amides is 1. The number of carbonyl (C=O) groups excluding carboxylic acids is 1. The number of aromatic hydroxyl groups is 1. The molecular formula is C23H26N4O3. The van der Waals surface area contributed by atoms with Gasteiger partial charge in [0.15, 0.2) is 0 Å². The highest BCUT2D eigenvalue weighted by Crippen LogP contribution is 2.35. The Bertz CT molecular complexity index is 1060. The molecule has 1 atom stereocenters. The summed E-state index contributed by atoms with van der Waals surface area (Å²) in [4.78, 5) is 13.7. The molecule has 1 aliphatic rings. The molecule has 7 nitrogen and oxygen atoms in total. The van der Waals surface area contributed by atoms with Crippen LogP contribution in [0.15, 0.2) is 48.7 Å². The van der Waals surface area contributed by atoms with Gasteiger partial charge in [-0.25, -0.2) is 0 Å². The summed E-state index contributed by atoms with van der Waals surface area (Å²) < 4.78 is 7.68. The number of primary amides is 1. The lowest BCUT2D eigenvalue weighted by Gasteiger charge is -2.24. The first-order valence-electron chi connectivity index (χ1n) is 10.0. The Hall–Kier alpha value is -3.32. The minimum atomic E-state index is -0.676. The second-order valence-electron chi connectivity index (χ2n) is 7.76. The SMILES string of the molecule is Cc1nn(C)cc1[C@H]1CCCN1Cc1ccc(Oc2ccc(C(N)=O)c(O)c2)cc1. The van der Waals surface area contributed by atoms with Gasteiger partial charge in [-0.15, -0.1) is 0 Å². The Morgan fingerprint density at radius 3 is 2.60 bits per heavy atom. The van der Waals surface area contributed by atoms with Gasteiger partial charge in [0.1, 0.15) is 17.2 Å². The molecule has 1 fully saturated rings. The third-order valence-electron chi connectivity index (χ3n) is 5.55. The number of rotatable bonds is 6. The number of carbonyl (C=O) groups is 1. The van der Waals surface area contributed by atoms with Gasteiger partial charge in [0, 0.05) is 37.5 Å². The average molecular weight is 406 g/mol. The molecule has 1 saturated heterocycles. The highest BCUT2D eigenvalue weighted by Gasteiger charge is 2.28. The number of nitrogens with zero attached hydrogens (tertiary/aromatic N) is 3. The molecule has 4 rings (SSSR count). The molecule has 3 N–H and O–H groups in total. The van der Waals surface area contributed by atoms with E-state index < -0.39 is 5.91 Å². The van der Waals surface area contributed by atoms with Crippen LogP contribution in [-0.4, -0.2) is 32.2 Å². The Morgan fingerprint density at radius 2 is 1.97 bits per heavy atom. The molecule has 156 valence electrons. The highest BCUT2D eigenvalue weighted by molar-refractivity contribution is 5.95. The summed E-state index contributed by atoms with van der Waals surface area (Å²) in [6, 6.07) is 12.8. The maximum Gasteiger partial charge on any atom is 0.252 e. The molecular weight excluding hydrogens is 380 g/mol. The molecule has 1 aromatic heterocycles. The van der Waals surface area contributed by atoms with Crippen LogP contribution >= 0.6 is 0 Å². The van der Waals surface area contributed by atoms with Gasteiger partial charge in [-0.3, -0.25) is 14.4 Å². The van der Waals surface area contributed by atoms with Crippen molar-refractivity contribution in [3.63, 3.8) is 0 Å². The lowest BCUT2D eigenvalue weighted by Crippen LogP contribution is -2.23. The minimum Gasteiger partial charge on any atom is -0.507 e. The van der Waals surface area contributed by atoms with Crippen LogP contribution in [0.1, 0.15) is 46.1 Å². The number of hydrogen-bond donors (Lipinski definition) is 2. The van der Waals surface area contributed by atoms with Crippen LogP contribution in [0, 0.1) is 6.92 Å². The van der Waals surface area contributed by atoms with Crippen molar-refractivity contribution >= 4 is 5.91 Å². The van der Waals surface area contributed by atoms with E-state index >= 15 is 0 Å². The van der Waals surface area contributed by atoms with Gasteiger partial charge in [0.25, 0.3) is 5.91 Å². The predicted molar refractivity (Wildman–Crippen MR) is 113 cm³/mol. The first-order chi connectivity index (χ1) is 14.4. The van der Waals surface area contributed by atoms with Gasteiger partial charge < -0.3 is 15.6 Å². The number of aryl methyl sites for hydroxylation is 2. The zero-order valence-electron chi connectivity index (χ0n) is 17.2. The molecule has 0 bridgehead atoms. The molecule has 30 heavy (non-hydrogen) atoms. The van der Waals surface area contributed by atoms with Crippen molar-refractivity contribution in [3.8, 4) is 17.2 Å². The van der Waals surface area contributed by atoms with E-state index in [0.717, 1.165) is 25.2 Å². The van der Waals surface area contributed by atoms with E-state index in [4.69, 9.17) is 10.5 Å². The maximum absolute atomic E-state index is 11.2. The molecule has 0 radical (unpaired) electrons. The molecule has 0 aliphatic carbocycles. The van der Waals surface area contributed by atoms with Crippen molar-refractivity contribution in [1.29, 1.82) is 0 Å². The Labute approximate surface area is 175 Å². The van der Waals surface area contributed by atoms with Crippen LogP contribution < -0.4 is 10.5 Å². The van der Waals surface area contributed by atoms with Crippen LogP contribution in [0.3, 0.4) is 0 Å². The van der Waals surface area contributed by atoms with E-state index in [-0.39, 0.29) is 11.3 Å². The van der Waals surface area contributed by atoms with E-state index in [2.05, 4.69) is 35.3 Å². The summed E-state index contributed by atoms with van der Waals surface area (Å²) in [7, 11) is 1.97. The summed E-state index contributed by atoms with van der Waals surface area (Å²) in [5, 5.41) is 14.4. The summed E-state index contributed by atoms with van der Waals surface area (Å²) in [5.41, 5.74) is 8.91. The Balaban J connectivity index is 1.43. The Morgan fingerprint density at radius 1 is 1.23 bits per heavy atom. The van der Waals surface area contributed by atoms with Crippen LogP contribution in [0.5, 0.6) is 17.2 Å². The fourth-order valence-corrected chi connectivity index (χ4v) is 4.13. The van der Waals surface area contributed by atoms with Crippen LogP contribution in [-0.2, 0) is 13.6 Å². The highest BCUT2D eigenvalue weighted by atomic mass is 16.5. The van der Waals surface area contributed by atoms with Crippen LogP contribution in [0.25, 0.3) is 0 Å². The zero-order valence-corrected chi connectivity index (χ0v) is 17.2. The van der Waals surface area contributed by atoms with E-state index in [0.29, 0.717) is 17.5 Å². The topological polar surface area (TPSA) is 93.6 Å². The van der Waals surface area contributed by atoms with Gasteiger partial charge in [-0.1, -0.05) is 12.1 Å². The van der Waals surface area contributed by atoms with Gasteiger partial charge in [-0.2, -0.15) is 5.10 Å². The van der Waals surface area contributed by atoms with Crippen molar-refractivity contribution in [1.82, 2.24) is 14.7 Å². The first kappa shape index (κ1) is 20.0. The summed E-state index contributed by atoms with van der Waals surface area (Å²) in [5.74, 6) is 0.232. The summed E-state index contributed by atoms with van der Waals surface area (Å²) in [6.45, 7) is 4.02. The number of aromatic nitrogens is 2. The predicted octanol–water partition coefficient (Wildman–Crippen LogP) is 3.66. The lowest BCUT2D eigenvalue weighted by atomic mass is 10.1. The summed E-state index contributed by atoms with van der Waals surface area (Å²) >= 11 is 0. The quantitative estimate of drug-likeness (QED) is 0.652. The third kappa shape index (κ3) is 4.16. The number of hydrogen-bond acceptors (Lipinski definition) is 5. The number of benzene rings is 2. The maximum atomic E-state index is 11.2. The largest absolute Gasteiger partial charge is 0.507 e. The van der Waals surface area contributed by atoms with Crippen molar-refractivity contribution < 1.29 is 14.6 Å². The second kappa shape index (κ2) is 8.20. The molecule has 3 aromatic rings. The van der Waals surface area contributed by atoms with Gasteiger partial charge in [0.2, 0.25) is 0 Å². The first-order valence-corrected chi connectivity index (χ1v) is 10.0. The lowest BCUT2D eigenvalue weighted by molar-refractivity contribution is 0.0997. The van der Waals surface area contributed by atoms with E-state index in [9.17, 15) is 9.90 Å². The van der Waals surface area contributed by atoms with Gasteiger partial charge >= 0.3 is 0 Å². The van der Waals surface area contributed by atoms with Crippen LogP contribution in [0.4, 0.5) is 0 Å². The number of nitrogens with two attached hydrogens (primary N) is 1. The van der Waals surface area contributed by atoms with Crippen molar-refractivity contribution in [2.75, 3.05) is 6.54 Å². The van der Waals surface area contributed by atoms with Gasteiger partial charge in [-0.05, 0) is 56.1 Å². The van der Waals surface area contributed by atoms with Crippen molar-refractivity contribution in [2.45, 2.75) is 32.4 Å². The summed E-state index contributed by atoms with van der Waals surface area (Å²) in [6.07, 6.45) is 4.47. The fraction of sp³-hybridized carbons (Fsp3) is 0.304. The third-order valence-corrected chi connectivity index (χ3v) is 5.55. The van der Waals surface area contributed by atoms with Gasteiger partial charge in [0.05, 0.1) is 11.3 Å².